The normalized spacial score (nSPS) is 13.4. The first kappa shape index (κ1) is 15.3. The topological polar surface area (TPSA) is 49.4 Å². The van der Waals surface area contributed by atoms with Crippen LogP contribution in [0.25, 0.3) is 0 Å². The third-order valence-corrected chi connectivity index (χ3v) is 4.27. The van der Waals surface area contributed by atoms with Gasteiger partial charge in [-0.05, 0) is 49.4 Å². The molecule has 1 N–H and O–H groups in total. The molecule has 0 aliphatic carbocycles. The fourth-order valence-corrected chi connectivity index (χ4v) is 3.05. The summed E-state index contributed by atoms with van der Waals surface area (Å²) in [5.41, 5.74) is 4.58. The number of anilines is 2. The van der Waals surface area contributed by atoms with Crippen LogP contribution in [-0.2, 0) is 16.0 Å². The first-order chi connectivity index (χ1) is 11.1. The molecule has 0 saturated carbocycles. The molecule has 0 aromatic heterocycles. The molecule has 0 spiro atoms. The van der Waals surface area contributed by atoms with E-state index in [2.05, 4.69) is 5.32 Å². The van der Waals surface area contributed by atoms with Crippen molar-refractivity contribution in [3.05, 3.63) is 59.2 Å². The molecule has 1 aliphatic heterocycles. The molecule has 118 valence electrons. The van der Waals surface area contributed by atoms with E-state index in [1.165, 1.54) is 0 Å². The maximum atomic E-state index is 12.6. The van der Waals surface area contributed by atoms with Gasteiger partial charge in [0.1, 0.15) is 0 Å². The summed E-state index contributed by atoms with van der Waals surface area (Å²) in [6.07, 6.45) is 1.82. The highest BCUT2D eigenvalue weighted by Gasteiger charge is 2.27. The van der Waals surface area contributed by atoms with Gasteiger partial charge in [0, 0.05) is 17.9 Å². The Morgan fingerprint density at radius 3 is 2.43 bits per heavy atom. The Hall–Kier alpha value is -2.62. The van der Waals surface area contributed by atoms with Gasteiger partial charge in [-0.1, -0.05) is 36.4 Å². The minimum Gasteiger partial charge on any atom is -0.317 e. The van der Waals surface area contributed by atoms with E-state index >= 15 is 0 Å². The molecule has 2 amide bonds. The van der Waals surface area contributed by atoms with Crippen LogP contribution in [0, 0.1) is 13.8 Å². The molecule has 2 aromatic rings. The van der Waals surface area contributed by atoms with E-state index in [0.717, 1.165) is 40.9 Å². The quantitative estimate of drug-likeness (QED) is 0.822. The number of nitrogens with zero attached hydrogens (tertiary/aromatic N) is 1. The molecule has 0 bridgehead atoms. The standard InChI is InChI=1S/C19H20N2O2/c1-13-7-5-8-14(2)17(13)20-18(22)19(23)21-12-6-10-15-9-3-4-11-16(15)21/h3-5,7-9,11H,6,10,12H2,1-2H3,(H,20,22). The molecule has 1 heterocycles. The Morgan fingerprint density at radius 1 is 1.00 bits per heavy atom. The summed E-state index contributed by atoms with van der Waals surface area (Å²) in [4.78, 5) is 26.6. The number of benzene rings is 2. The molecule has 4 heteroatoms. The van der Waals surface area contributed by atoms with Gasteiger partial charge in [-0.3, -0.25) is 9.59 Å². The van der Waals surface area contributed by atoms with Crippen molar-refractivity contribution in [3.63, 3.8) is 0 Å². The van der Waals surface area contributed by atoms with Gasteiger partial charge in [0.05, 0.1) is 0 Å². The summed E-state index contributed by atoms with van der Waals surface area (Å²) >= 11 is 0. The summed E-state index contributed by atoms with van der Waals surface area (Å²) < 4.78 is 0. The first-order valence-corrected chi connectivity index (χ1v) is 7.85. The number of carbonyl (C=O) groups is 2. The third kappa shape index (κ3) is 2.97. The minimum absolute atomic E-state index is 0.500. The van der Waals surface area contributed by atoms with Gasteiger partial charge in [-0.15, -0.1) is 0 Å². The van der Waals surface area contributed by atoms with Gasteiger partial charge >= 0.3 is 11.8 Å². The number of nitrogens with one attached hydrogen (secondary N) is 1. The summed E-state index contributed by atoms with van der Waals surface area (Å²) in [7, 11) is 0. The summed E-state index contributed by atoms with van der Waals surface area (Å²) in [6, 6.07) is 13.5. The zero-order valence-electron chi connectivity index (χ0n) is 13.4. The second kappa shape index (κ2) is 6.24. The fraction of sp³-hybridized carbons (Fsp3) is 0.263. The van der Waals surface area contributed by atoms with E-state index in [1.54, 1.807) is 4.90 Å². The average molecular weight is 308 g/mol. The average Bonchev–Trinajstić information content (AvgIpc) is 2.57. The molecule has 0 fully saturated rings. The highest BCUT2D eigenvalue weighted by Crippen LogP contribution is 2.27. The lowest BCUT2D eigenvalue weighted by Crippen LogP contribution is -2.42. The van der Waals surface area contributed by atoms with Gasteiger partial charge in [-0.25, -0.2) is 0 Å². The molecular weight excluding hydrogens is 288 g/mol. The second-order valence-corrected chi connectivity index (χ2v) is 5.91. The lowest BCUT2D eigenvalue weighted by Gasteiger charge is -2.29. The SMILES string of the molecule is Cc1cccc(C)c1NC(=O)C(=O)N1CCCc2ccccc21. The number of hydrogen-bond acceptors (Lipinski definition) is 2. The molecule has 23 heavy (non-hydrogen) atoms. The number of hydrogen-bond donors (Lipinski definition) is 1. The van der Waals surface area contributed by atoms with Crippen molar-refractivity contribution in [2.75, 3.05) is 16.8 Å². The van der Waals surface area contributed by atoms with Crippen LogP contribution in [0.1, 0.15) is 23.1 Å². The number of carbonyl (C=O) groups excluding carboxylic acids is 2. The minimum atomic E-state index is -0.584. The van der Waals surface area contributed by atoms with Crippen LogP contribution >= 0.6 is 0 Å². The van der Waals surface area contributed by atoms with E-state index in [0.29, 0.717) is 6.54 Å². The van der Waals surface area contributed by atoms with Crippen molar-refractivity contribution in [1.82, 2.24) is 0 Å². The highest BCUT2D eigenvalue weighted by molar-refractivity contribution is 6.44. The number of para-hydroxylation sites is 2. The Bertz CT molecular complexity index is 747. The second-order valence-electron chi connectivity index (χ2n) is 5.91. The summed E-state index contributed by atoms with van der Waals surface area (Å²) in [5.74, 6) is -1.08. The molecule has 3 rings (SSSR count). The van der Waals surface area contributed by atoms with Crippen molar-refractivity contribution in [1.29, 1.82) is 0 Å². The smallest absolute Gasteiger partial charge is 0.316 e. The molecule has 0 saturated heterocycles. The van der Waals surface area contributed by atoms with Gasteiger partial charge < -0.3 is 10.2 Å². The van der Waals surface area contributed by atoms with E-state index in [-0.39, 0.29) is 0 Å². The van der Waals surface area contributed by atoms with Gasteiger partial charge in [0.2, 0.25) is 0 Å². The Labute approximate surface area is 136 Å². The number of amides is 2. The monoisotopic (exact) mass is 308 g/mol. The molecule has 2 aromatic carbocycles. The van der Waals surface area contributed by atoms with E-state index in [9.17, 15) is 9.59 Å². The molecule has 0 radical (unpaired) electrons. The molecule has 0 atom stereocenters. The Morgan fingerprint density at radius 2 is 1.70 bits per heavy atom. The predicted octanol–water partition coefficient (Wildman–Crippen LogP) is 3.22. The maximum absolute atomic E-state index is 12.6. The van der Waals surface area contributed by atoms with Crippen molar-refractivity contribution >= 4 is 23.2 Å². The third-order valence-electron chi connectivity index (χ3n) is 4.27. The van der Waals surface area contributed by atoms with E-state index < -0.39 is 11.8 Å². The summed E-state index contributed by atoms with van der Waals surface area (Å²) in [6.45, 7) is 4.42. The lowest BCUT2D eigenvalue weighted by molar-refractivity contribution is -0.134. The predicted molar refractivity (Wildman–Crippen MR) is 91.7 cm³/mol. The fourth-order valence-electron chi connectivity index (χ4n) is 3.05. The number of rotatable bonds is 1. The number of aryl methyl sites for hydroxylation is 3. The first-order valence-electron chi connectivity index (χ1n) is 7.85. The van der Waals surface area contributed by atoms with Crippen LogP contribution in [0.4, 0.5) is 11.4 Å². The molecule has 4 nitrogen and oxygen atoms in total. The molecule has 1 aliphatic rings. The Kier molecular flexibility index (Phi) is 4.15. The van der Waals surface area contributed by atoms with Crippen LogP contribution in [0.2, 0.25) is 0 Å². The van der Waals surface area contributed by atoms with Gasteiger partial charge in [-0.2, -0.15) is 0 Å². The van der Waals surface area contributed by atoms with E-state index in [4.69, 9.17) is 0 Å². The van der Waals surface area contributed by atoms with Gasteiger partial charge in [0.25, 0.3) is 0 Å². The van der Waals surface area contributed by atoms with Crippen LogP contribution in [0.5, 0.6) is 0 Å². The van der Waals surface area contributed by atoms with Crippen LogP contribution in [-0.4, -0.2) is 18.4 Å². The van der Waals surface area contributed by atoms with E-state index in [1.807, 2.05) is 56.3 Å². The summed E-state index contributed by atoms with van der Waals surface area (Å²) in [5, 5.41) is 2.78. The van der Waals surface area contributed by atoms with Crippen molar-refractivity contribution < 1.29 is 9.59 Å². The van der Waals surface area contributed by atoms with Gasteiger partial charge in [0.15, 0.2) is 0 Å². The van der Waals surface area contributed by atoms with Crippen molar-refractivity contribution in [3.8, 4) is 0 Å². The van der Waals surface area contributed by atoms with Crippen LogP contribution in [0.3, 0.4) is 0 Å². The van der Waals surface area contributed by atoms with Crippen LogP contribution < -0.4 is 10.2 Å². The zero-order valence-corrected chi connectivity index (χ0v) is 13.4. The maximum Gasteiger partial charge on any atom is 0.316 e. The molecular formula is C19H20N2O2. The highest BCUT2D eigenvalue weighted by atomic mass is 16.2. The zero-order chi connectivity index (χ0) is 16.4. The van der Waals surface area contributed by atoms with Crippen LogP contribution in [0.15, 0.2) is 42.5 Å². The lowest BCUT2D eigenvalue weighted by atomic mass is 10.0. The van der Waals surface area contributed by atoms with Crippen molar-refractivity contribution in [2.24, 2.45) is 0 Å². The molecule has 0 unspecified atom stereocenters. The Balaban J connectivity index is 1.83. The largest absolute Gasteiger partial charge is 0.317 e. The number of fused-ring (bicyclic) bond motifs is 1. The van der Waals surface area contributed by atoms with Crippen molar-refractivity contribution in [2.45, 2.75) is 26.7 Å².